The van der Waals surface area contributed by atoms with Crippen LogP contribution in [0.4, 0.5) is 0 Å². The molecule has 0 aliphatic carbocycles. The maximum absolute atomic E-state index is 12.5. The number of carboxylic acids is 1. The fourth-order valence-electron chi connectivity index (χ4n) is 2.66. The Morgan fingerprint density at radius 1 is 1.33 bits per heavy atom. The van der Waals surface area contributed by atoms with Crippen LogP contribution in [-0.4, -0.2) is 28.6 Å². The molecule has 1 aromatic rings. The van der Waals surface area contributed by atoms with E-state index in [9.17, 15) is 14.7 Å². The van der Waals surface area contributed by atoms with Crippen LogP contribution in [0.1, 0.15) is 31.9 Å². The molecule has 124 valence electrons. The molecule has 1 aromatic heterocycles. The summed E-state index contributed by atoms with van der Waals surface area (Å²) in [4.78, 5) is 28.4. The van der Waals surface area contributed by atoms with Crippen molar-refractivity contribution in [3.8, 4) is 6.07 Å². The van der Waals surface area contributed by atoms with E-state index in [-0.39, 0.29) is 24.2 Å². The molecule has 0 saturated carbocycles. The van der Waals surface area contributed by atoms with E-state index in [0.29, 0.717) is 17.1 Å². The van der Waals surface area contributed by atoms with Crippen LogP contribution in [0.5, 0.6) is 0 Å². The molecule has 0 saturated heterocycles. The highest BCUT2D eigenvalue weighted by molar-refractivity contribution is 5.99. The van der Waals surface area contributed by atoms with Gasteiger partial charge in [-0.2, -0.15) is 5.26 Å². The summed E-state index contributed by atoms with van der Waals surface area (Å²) in [6.07, 6.45) is 1.61. The number of esters is 1. The van der Waals surface area contributed by atoms with Crippen molar-refractivity contribution in [3.05, 3.63) is 52.6 Å². The predicted molar refractivity (Wildman–Crippen MR) is 84.3 cm³/mol. The Balaban J connectivity index is 2.50. The van der Waals surface area contributed by atoms with E-state index in [1.165, 1.54) is 0 Å². The number of aromatic nitrogens is 1. The van der Waals surface area contributed by atoms with Gasteiger partial charge in [0.1, 0.15) is 6.61 Å². The largest absolute Gasteiger partial charge is 0.478 e. The smallest absolute Gasteiger partial charge is 0.336 e. The maximum Gasteiger partial charge on any atom is 0.336 e. The first-order valence-electron chi connectivity index (χ1n) is 7.34. The number of carbonyl (C=O) groups excluding carboxylic acids is 1. The van der Waals surface area contributed by atoms with Gasteiger partial charge in [0.2, 0.25) is 0 Å². The molecule has 0 bridgehead atoms. The van der Waals surface area contributed by atoms with Crippen LogP contribution >= 0.6 is 0 Å². The van der Waals surface area contributed by atoms with Crippen LogP contribution < -0.4 is 5.32 Å². The third kappa shape index (κ3) is 3.43. The molecule has 1 unspecified atom stereocenters. The Hall–Kier alpha value is -3.14. The quantitative estimate of drug-likeness (QED) is 0.627. The van der Waals surface area contributed by atoms with Gasteiger partial charge in [0.05, 0.1) is 35.2 Å². The number of pyridine rings is 1. The average Bonchev–Trinajstić information content (AvgIpc) is 2.54. The van der Waals surface area contributed by atoms with Crippen LogP contribution in [0, 0.1) is 11.3 Å². The third-order valence-electron chi connectivity index (χ3n) is 3.64. The lowest BCUT2D eigenvalue weighted by molar-refractivity contribution is -0.139. The number of nitrogens with one attached hydrogen (secondary N) is 1. The minimum atomic E-state index is -1.13. The highest BCUT2D eigenvalue weighted by Crippen LogP contribution is 2.37. The normalized spacial score (nSPS) is 17.1. The SMILES string of the molecule is CC1=C(C(=O)O)C(c2ccccn2)C(C(=O)OCCC#N)=C(C)N1. The summed E-state index contributed by atoms with van der Waals surface area (Å²) in [6.45, 7) is 3.27. The fraction of sp³-hybridized carbons (Fsp3) is 0.294. The summed E-state index contributed by atoms with van der Waals surface area (Å²) < 4.78 is 5.10. The van der Waals surface area contributed by atoms with Crippen molar-refractivity contribution in [2.24, 2.45) is 0 Å². The van der Waals surface area contributed by atoms with Gasteiger partial charge >= 0.3 is 11.9 Å². The van der Waals surface area contributed by atoms with Gasteiger partial charge in [-0.05, 0) is 26.0 Å². The van der Waals surface area contributed by atoms with Gasteiger partial charge in [-0.15, -0.1) is 0 Å². The van der Waals surface area contributed by atoms with Crippen molar-refractivity contribution in [2.75, 3.05) is 6.61 Å². The number of allylic oxidation sites excluding steroid dienone is 2. The zero-order valence-electron chi connectivity index (χ0n) is 13.4. The fourth-order valence-corrected chi connectivity index (χ4v) is 2.66. The molecule has 0 aromatic carbocycles. The topological polar surface area (TPSA) is 112 Å². The number of hydrogen-bond donors (Lipinski definition) is 2. The molecular weight excluding hydrogens is 310 g/mol. The van der Waals surface area contributed by atoms with Gasteiger partial charge in [-0.25, -0.2) is 9.59 Å². The second kappa shape index (κ2) is 7.42. The van der Waals surface area contributed by atoms with Gasteiger partial charge in [0.15, 0.2) is 0 Å². The first-order chi connectivity index (χ1) is 11.5. The van der Waals surface area contributed by atoms with Gasteiger partial charge < -0.3 is 15.2 Å². The molecule has 7 heteroatoms. The number of nitriles is 1. The Morgan fingerprint density at radius 3 is 2.62 bits per heavy atom. The van der Waals surface area contributed by atoms with Crippen molar-refractivity contribution in [3.63, 3.8) is 0 Å². The summed E-state index contributed by atoms with van der Waals surface area (Å²) in [7, 11) is 0. The Kier molecular flexibility index (Phi) is 5.32. The van der Waals surface area contributed by atoms with Gasteiger partial charge in [-0.3, -0.25) is 4.98 Å². The number of carboxylic acid groups (broad SMARTS) is 1. The summed E-state index contributed by atoms with van der Waals surface area (Å²) >= 11 is 0. The van der Waals surface area contributed by atoms with Gasteiger partial charge in [0, 0.05) is 17.6 Å². The number of aliphatic carboxylic acids is 1. The van der Waals surface area contributed by atoms with E-state index >= 15 is 0 Å². The summed E-state index contributed by atoms with van der Waals surface area (Å²) in [5.41, 5.74) is 1.64. The Morgan fingerprint density at radius 2 is 2.04 bits per heavy atom. The molecular formula is C17H17N3O4. The maximum atomic E-state index is 12.5. The minimum Gasteiger partial charge on any atom is -0.478 e. The Labute approximate surface area is 139 Å². The van der Waals surface area contributed by atoms with Crippen molar-refractivity contribution in [1.29, 1.82) is 5.26 Å². The van der Waals surface area contributed by atoms with E-state index in [0.717, 1.165) is 0 Å². The zero-order chi connectivity index (χ0) is 17.7. The number of rotatable bonds is 5. The van der Waals surface area contributed by atoms with Crippen LogP contribution in [0.25, 0.3) is 0 Å². The summed E-state index contributed by atoms with van der Waals surface area (Å²) in [5, 5.41) is 21.1. The molecule has 0 fully saturated rings. The summed E-state index contributed by atoms with van der Waals surface area (Å²) in [6, 6.07) is 7.00. The Bertz CT molecular complexity index is 760. The second-order valence-corrected chi connectivity index (χ2v) is 5.24. The van der Waals surface area contributed by atoms with Crippen molar-refractivity contribution in [1.82, 2.24) is 10.3 Å². The van der Waals surface area contributed by atoms with E-state index in [1.807, 2.05) is 6.07 Å². The van der Waals surface area contributed by atoms with Crippen LogP contribution in [-0.2, 0) is 14.3 Å². The molecule has 1 aliphatic rings. The van der Waals surface area contributed by atoms with Crippen molar-refractivity contribution >= 4 is 11.9 Å². The summed E-state index contributed by atoms with van der Waals surface area (Å²) in [5.74, 6) is -2.62. The molecule has 7 nitrogen and oxygen atoms in total. The lowest BCUT2D eigenvalue weighted by Gasteiger charge is -2.28. The van der Waals surface area contributed by atoms with Crippen molar-refractivity contribution in [2.45, 2.75) is 26.2 Å². The van der Waals surface area contributed by atoms with E-state index in [1.54, 1.807) is 38.2 Å². The van der Waals surface area contributed by atoms with E-state index in [4.69, 9.17) is 10.00 Å². The van der Waals surface area contributed by atoms with Gasteiger partial charge in [0.25, 0.3) is 0 Å². The molecule has 0 spiro atoms. The standard InChI is InChI=1S/C17H17N3O4/c1-10-13(16(21)22)15(12-6-3-4-8-19-12)14(11(2)20-10)17(23)24-9-5-7-18/h3-4,6,8,15,20H,5,9H2,1-2H3,(H,21,22). The van der Waals surface area contributed by atoms with Crippen LogP contribution in [0.2, 0.25) is 0 Å². The second-order valence-electron chi connectivity index (χ2n) is 5.24. The third-order valence-corrected chi connectivity index (χ3v) is 3.64. The first-order valence-corrected chi connectivity index (χ1v) is 7.34. The molecule has 2 rings (SSSR count). The number of ether oxygens (including phenoxy) is 1. The molecule has 1 aliphatic heterocycles. The van der Waals surface area contributed by atoms with E-state index in [2.05, 4.69) is 10.3 Å². The molecule has 24 heavy (non-hydrogen) atoms. The molecule has 0 radical (unpaired) electrons. The minimum absolute atomic E-state index is 0.0477. The average molecular weight is 327 g/mol. The monoisotopic (exact) mass is 327 g/mol. The molecule has 0 amide bonds. The highest BCUT2D eigenvalue weighted by atomic mass is 16.5. The lowest BCUT2D eigenvalue weighted by Crippen LogP contribution is -2.32. The highest BCUT2D eigenvalue weighted by Gasteiger charge is 2.37. The van der Waals surface area contributed by atoms with Crippen LogP contribution in [0.15, 0.2) is 46.9 Å². The van der Waals surface area contributed by atoms with Gasteiger partial charge in [-0.1, -0.05) is 6.07 Å². The first kappa shape index (κ1) is 17.2. The number of carbonyl (C=O) groups is 2. The molecule has 2 N–H and O–H groups in total. The molecule has 1 atom stereocenters. The van der Waals surface area contributed by atoms with Crippen molar-refractivity contribution < 1.29 is 19.4 Å². The predicted octanol–water partition coefficient (Wildman–Crippen LogP) is 1.86. The number of nitrogens with zero attached hydrogens (tertiary/aromatic N) is 2. The lowest BCUT2D eigenvalue weighted by atomic mass is 9.83. The molecule has 2 heterocycles. The number of hydrogen-bond acceptors (Lipinski definition) is 6. The van der Waals surface area contributed by atoms with E-state index < -0.39 is 17.9 Å². The zero-order valence-corrected chi connectivity index (χ0v) is 13.4. The number of dihydropyridines is 1. The van der Waals surface area contributed by atoms with Crippen LogP contribution in [0.3, 0.4) is 0 Å².